The highest BCUT2D eigenvalue weighted by atomic mass is 35.5. The van der Waals surface area contributed by atoms with Crippen molar-refractivity contribution in [3.63, 3.8) is 0 Å². The molecule has 1 saturated carbocycles. The minimum absolute atomic E-state index is 0. The largest absolute Gasteiger partial charge is 0.405 e. The molecule has 3 nitrogen and oxygen atoms in total. The van der Waals surface area contributed by atoms with Gasteiger partial charge in [-0.3, -0.25) is 4.79 Å². The van der Waals surface area contributed by atoms with Crippen LogP contribution in [0.1, 0.15) is 19.3 Å². The van der Waals surface area contributed by atoms with E-state index in [1.165, 1.54) is 0 Å². The molecule has 2 atom stereocenters. The van der Waals surface area contributed by atoms with Gasteiger partial charge in [0.2, 0.25) is 5.91 Å². The van der Waals surface area contributed by atoms with Gasteiger partial charge in [-0.05, 0) is 25.3 Å². The van der Waals surface area contributed by atoms with Crippen LogP contribution in [0.4, 0.5) is 13.2 Å². The average molecular weight is 261 g/mol. The Morgan fingerprint density at radius 3 is 2.50 bits per heavy atom. The van der Waals surface area contributed by atoms with Crippen LogP contribution in [-0.2, 0) is 4.79 Å². The lowest BCUT2D eigenvalue weighted by Gasteiger charge is -2.17. The zero-order valence-corrected chi connectivity index (χ0v) is 9.53. The lowest BCUT2D eigenvalue weighted by Crippen LogP contribution is -2.39. The van der Waals surface area contributed by atoms with E-state index in [0.717, 1.165) is 12.8 Å². The maximum atomic E-state index is 11.8. The Balaban J connectivity index is 0.00000225. The molecule has 0 aromatic heterocycles. The van der Waals surface area contributed by atoms with Gasteiger partial charge in [0.15, 0.2) is 0 Å². The Labute approximate surface area is 98.4 Å². The van der Waals surface area contributed by atoms with Crippen molar-refractivity contribution in [2.45, 2.75) is 25.4 Å². The first-order valence-corrected chi connectivity index (χ1v) is 4.98. The van der Waals surface area contributed by atoms with E-state index in [9.17, 15) is 18.0 Å². The Hall–Kier alpha value is -0.490. The molecule has 1 rings (SSSR count). The van der Waals surface area contributed by atoms with Crippen LogP contribution in [0.25, 0.3) is 0 Å². The van der Waals surface area contributed by atoms with Gasteiger partial charge in [0.05, 0.1) is 0 Å². The molecule has 96 valence electrons. The minimum Gasteiger partial charge on any atom is -0.347 e. The van der Waals surface area contributed by atoms with Gasteiger partial charge >= 0.3 is 6.18 Å². The summed E-state index contributed by atoms with van der Waals surface area (Å²) in [5, 5.41) is 1.91. The van der Waals surface area contributed by atoms with Crippen LogP contribution in [0.5, 0.6) is 0 Å². The molecule has 0 bridgehead atoms. The normalized spacial score (nSPS) is 25.0. The molecule has 0 unspecified atom stereocenters. The second-order valence-electron chi connectivity index (χ2n) is 3.87. The minimum atomic E-state index is -4.34. The quantitative estimate of drug-likeness (QED) is 0.807. The Morgan fingerprint density at radius 2 is 2.00 bits per heavy atom. The second-order valence-corrected chi connectivity index (χ2v) is 3.87. The molecule has 1 amide bonds. The summed E-state index contributed by atoms with van der Waals surface area (Å²) in [5.41, 5.74) is 5.44. The fourth-order valence-corrected chi connectivity index (χ4v) is 1.98. The first-order chi connectivity index (χ1) is 6.94. The standard InChI is InChI=1S/C9H15F3N2O.ClH/c10-9(11,12)5-14-8(15)7-3-1-2-6(7)4-13;/h6-7H,1-5,13H2,(H,14,15);1H/t6-,7-;/m1./s1. The van der Waals surface area contributed by atoms with E-state index in [1.54, 1.807) is 0 Å². The number of amides is 1. The molecule has 0 aromatic rings. The number of nitrogens with two attached hydrogens (primary N) is 1. The predicted octanol–water partition coefficient (Wildman–Crippen LogP) is 1.46. The second kappa shape index (κ2) is 6.30. The fraction of sp³-hybridized carbons (Fsp3) is 0.889. The lowest BCUT2D eigenvalue weighted by atomic mass is 9.95. The summed E-state index contributed by atoms with van der Waals surface area (Å²) in [6.07, 6.45) is -2.00. The van der Waals surface area contributed by atoms with E-state index in [0.29, 0.717) is 13.0 Å². The first-order valence-electron chi connectivity index (χ1n) is 4.98. The summed E-state index contributed by atoms with van der Waals surface area (Å²) in [6, 6.07) is 0. The monoisotopic (exact) mass is 260 g/mol. The predicted molar refractivity (Wildman–Crippen MR) is 56.2 cm³/mol. The van der Waals surface area contributed by atoms with Crippen molar-refractivity contribution < 1.29 is 18.0 Å². The average Bonchev–Trinajstić information content (AvgIpc) is 2.60. The smallest absolute Gasteiger partial charge is 0.347 e. The molecular formula is C9H16ClF3N2O. The summed E-state index contributed by atoms with van der Waals surface area (Å²) >= 11 is 0. The van der Waals surface area contributed by atoms with Crippen molar-refractivity contribution in [1.82, 2.24) is 5.32 Å². The fourth-order valence-electron chi connectivity index (χ4n) is 1.98. The van der Waals surface area contributed by atoms with Crippen molar-refractivity contribution in [2.24, 2.45) is 17.6 Å². The molecule has 3 N–H and O–H groups in total. The highest BCUT2D eigenvalue weighted by molar-refractivity contribution is 5.85. The molecule has 0 aromatic carbocycles. The molecule has 0 spiro atoms. The number of alkyl halides is 3. The Kier molecular flexibility index (Phi) is 6.10. The molecular weight excluding hydrogens is 245 g/mol. The third kappa shape index (κ3) is 4.57. The number of hydrogen-bond donors (Lipinski definition) is 2. The van der Waals surface area contributed by atoms with E-state index < -0.39 is 18.6 Å². The number of carbonyl (C=O) groups is 1. The van der Waals surface area contributed by atoms with Crippen molar-refractivity contribution in [3.05, 3.63) is 0 Å². The topological polar surface area (TPSA) is 55.1 Å². The van der Waals surface area contributed by atoms with Gasteiger partial charge < -0.3 is 11.1 Å². The molecule has 1 aliphatic carbocycles. The van der Waals surface area contributed by atoms with Gasteiger partial charge in [0.25, 0.3) is 0 Å². The SMILES string of the molecule is Cl.NC[C@H]1CCC[C@H]1C(=O)NCC(F)(F)F. The van der Waals surface area contributed by atoms with Crippen molar-refractivity contribution >= 4 is 18.3 Å². The maximum Gasteiger partial charge on any atom is 0.405 e. The number of hydrogen-bond acceptors (Lipinski definition) is 2. The number of rotatable bonds is 3. The zero-order valence-electron chi connectivity index (χ0n) is 8.72. The van der Waals surface area contributed by atoms with Gasteiger partial charge in [-0.15, -0.1) is 12.4 Å². The lowest BCUT2D eigenvalue weighted by molar-refractivity contribution is -0.141. The van der Waals surface area contributed by atoms with Gasteiger partial charge in [-0.2, -0.15) is 13.2 Å². The molecule has 0 radical (unpaired) electrons. The van der Waals surface area contributed by atoms with E-state index in [-0.39, 0.29) is 24.2 Å². The summed E-state index contributed by atoms with van der Waals surface area (Å²) < 4.78 is 35.5. The van der Waals surface area contributed by atoms with Crippen LogP contribution in [0.3, 0.4) is 0 Å². The number of nitrogens with one attached hydrogen (secondary N) is 1. The summed E-state index contributed by atoms with van der Waals surface area (Å²) in [4.78, 5) is 11.4. The first kappa shape index (κ1) is 15.5. The highest BCUT2D eigenvalue weighted by Gasteiger charge is 2.34. The Bertz CT molecular complexity index is 235. The van der Waals surface area contributed by atoms with E-state index >= 15 is 0 Å². The van der Waals surface area contributed by atoms with Crippen LogP contribution in [0.15, 0.2) is 0 Å². The van der Waals surface area contributed by atoms with E-state index in [4.69, 9.17) is 5.73 Å². The van der Waals surface area contributed by atoms with Gasteiger partial charge in [-0.1, -0.05) is 6.42 Å². The van der Waals surface area contributed by atoms with Crippen molar-refractivity contribution in [1.29, 1.82) is 0 Å². The zero-order chi connectivity index (χ0) is 11.5. The summed E-state index contributed by atoms with van der Waals surface area (Å²) in [5.74, 6) is -0.809. The molecule has 7 heteroatoms. The molecule has 1 fully saturated rings. The third-order valence-corrected chi connectivity index (χ3v) is 2.76. The van der Waals surface area contributed by atoms with Gasteiger partial charge in [0.1, 0.15) is 6.54 Å². The van der Waals surface area contributed by atoms with Crippen molar-refractivity contribution in [3.8, 4) is 0 Å². The Morgan fingerprint density at radius 1 is 1.38 bits per heavy atom. The molecule has 16 heavy (non-hydrogen) atoms. The third-order valence-electron chi connectivity index (χ3n) is 2.76. The van der Waals surface area contributed by atoms with Crippen LogP contribution < -0.4 is 11.1 Å². The van der Waals surface area contributed by atoms with Gasteiger partial charge in [-0.25, -0.2) is 0 Å². The van der Waals surface area contributed by atoms with Gasteiger partial charge in [0, 0.05) is 5.92 Å². The maximum absolute atomic E-state index is 11.8. The van der Waals surface area contributed by atoms with E-state index in [2.05, 4.69) is 0 Å². The van der Waals surface area contributed by atoms with E-state index in [1.807, 2.05) is 5.32 Å². The van der Waals surface area contributed by atoms with Crippen LogP contribution >= 0.6 is 12.4 Å². The van der Waals surface area contributed by atoms with Crippen LogP contribution in [0, 0.1) is 11.8 Å². The van der Waals surface area contributed by atoms with Crippen LogP contribution in [0.2, 0.25) is 0 Å². The molecule has 0 heterocycles. The highest BCUT2D eigenvalue weighted by Crippen LogP contribution is 2.31. The summed E-state index contributed by atoms with van der Waals surface area (Å²) in [6.45, 7) is -0.885. The van der Waals surface area contributed by atoms with Crippen molar-refractivity contribution in [2.75, 3.05) is 13.1 Å². The molecule has 1 aliphatic rings. The number of halogens is 4. The summed E-state index contributed by atoms with van der Waals surface area (Å²) in [7, 11) is 0. The molecule has 0 aliphatic heterocycles. The molecule has 0 saturated heterocycles. The number of carbonyl (C=O) groups excluding carboxylic acids is 1. The van der Waals surface area contributed by atoms with Crippen LogP contribution in [-0.4, -0.2) is 25.2 Å².